The molecule has 0 spiro atoms. The Bertz CT molecular complexity index is 796. The van der Waals surface area contributed by atoms with Gasteiger partial charge < -0.3 is 21.3 Å². The lowest BCUT2D eigenvalue weighted by molar-refractivity contribution is -0.145. The van der Waals surface area contributed by atoms with Crippen LogP contribution in [0.5, 0.6) is 0 Å². The monoisotopic (exact) mass is 372 g/mol. The highest BCUT2D eigenvalue weighted by molar-refractivity contribution is 5.96. The van der Waals surface area contributed by atoms with Gasteiger partial charge in [-0.25, -0.2) is 0 Å². The second-order valence-electron chi connectivity index (χ2n) is 6.64. The minimum Gasteiger partial charge on any atom is -0.481 e. The number of halogens is 3. The molecule has 5 atom stereocenters. The fourth-order valence-electron chi connectivity index (χ4n) is 4.00. The van der Waals surface area contributed by atoms with E-state index >= 15 is 0 Å². The van der Waals surface area contributed by atoms with Crippen molar-refractivity contribution in [1.82, 2.24) is 5.32 Å². The number of carboxylic acid groups (broad SMARTS) is 2. The van der Waals surface area contributed by atoms with Gasteiger partial charge in [-0.1, -0.05) is 12.1 Å². The van der Waals surface area contributed by atoms with Crippen LogP contribution in [0.1, 0.15) is 22.3 Å². The number of benzene rings is 1. The lowest BCUT2D eigenvalue weighted by Gasteiger charge is -2.25. The summed E-state index contributed by atoms with van der Waals surface area (Å²) < 4.78 is 39.1. The molecule has 2 fully saturated rings. The zero-order valence-corrected chi connectivity index (χ0v) is 13.2. The third-order valence-electron chi connectivity index (χ3n) is 5.17. The largest absolute Gasteiger partial charge is 0.481 e. The van der Waals surface area contributed by atoms with Crippen LogP contribution in [0.15, 0.2) is 24.3 Å². The first kappa shape index (κ1) is 18.2. The molecule has 5 N–H and O–H groups in total. The summed E-state index contributed by atoms with van der Waals surface area (Å²) in [6.45, 7) is 0. The summed E-state index contributed by atoms with van der Waals surface area (Å²) in [7, 11) is 0. The Kier molecular flexibility index (Phi) is 3.98. The van der Waals surface area contributed by atoms with E-state index in [1.807, 2.05) is 0 Å². The topological polar surface area (TPSA) is 130 Å². The van der Waals surface area contributed by atoms with Crippen LogP contribution in [0.25, 0.3) is 0 Å². The summed E-state index contributed by atoms with van der Waals surface area (Å²) in [5.41, 5.74) is 2.24. The second kappa shape index (κ2) is 5.70. The summed E-state index contributed by atoms with van der Waals surface area (Å²) in [6.07, 6.45) is -4.99. The van der Waals surface area contributed by atoms with E-state index in [1.165, 1.54) is 6.07 Å². The molecule has 2 aliphatic carbocycles. The highest BCUT2D eigenvalue weighted by Crippen LogP contribution is 2.61. The van der Waals surface area contributed by atoms with Crippen molar-refractivity contribution in [2.75, 3.05) is 0 Å². The maximum atomic E-state index is 13.0. The Morgan fingerprint density at radius 3 is 2.35 bits per heavy atom. The maximum Gasteiger partial charge on any atom is 0.417 e. The molecule has 0 heterocycles. The molecular weight excluding hydrogens is 357 g/mol. The Hall–Kier alpha value is -2.62. The van der Waals surface area contributed by atoms with Crippen molar-refractivity contribution in [3.63, 3.8) is 0 Å². The van der Waals surface area contributed by atoms with Crippen LogP contribution in [0, 0.1) is 17.8 Å². The fourth-order valence-corrected chi connectivity index (χ4v) is 4.00. The van der Waals surface area contributed by atoms with Crippen LogP contribution in [0.3, 0.4) is 0 Å². The SMILES string of the molecule is NC1(C(=O)O)CC(NC(=O)c2ccccc2C(F)(F)F)C2C(C(=O)O)C21. The van der Waals surface area contributed by atoms with Crippen LogP contribution in [-0.2, 0) is 15.8 Å². The number of hydrogen-bond donors (Lipinski definition) is 4. The first-order chi connectivity index (χ1) is 12.0. The predicted molar refractivity (Wildman–Crippen MR) is 80.0 cm³/mol. The molecule has 1 amide bonds. The normalized spacial score (nSPS) is 32.6. The summed E-state index contributed by atoms with van der Waals surface area (Å²) in [6, 6.07) is 3.23. The smallest absolute Gasteiger partial charge is 0.417 e. The number of alkyl halides is 3. The first-order valence-corrected chi connectivity index (χ1v) is 7.70. The van der Waals surface area contributed by atoms with E-state index in [1.54, 1.807) is 0 Å². The van der Waals surface area contributed by atoms with Gasteiger partial charge >= 0.3 is 18.1 Å². The van der Waals surface area contributed by atoms with Gasteiger partial charge in [-0.05, 0) is 24.5 Å². The van der Waals surface area contributed by atoms with Crippen LogP contribution >= 0.6 is 0 Å². The van der Waals surface area contributed by atoms with Gasteiger partial charge in [0.25, 0.3) is 5.91 Å². The number of fused-ring (bicyclic) bond motifs is 1. The number of amides is 1. The Labute approximate surface area is 145 Å². The zero-order chi connectivity index (χ0) is 19.4. The number of nitrogens with two attached hydrogens (primary N) is 1. The Balaban J connectivity index is 1.85. The highest BCUT2D eigenvalue weighted by Gasteiger charge is 2.74. The van der Waals surface area contributed by atoms with Crippen LogP contribution < -0.4 is 11.1 Å². The number of nitrogens with one attached hydrogen (secondary N) is 1. The molecule has 2 aliphatic rings. The number of carbonyl (C=O) groups excluding carboxylic acids is 1. The van der Waals surface area contributed by atoms with Crippen molar-refractivity contribution in [3.05, 3.63) is 35.4 Å². The van der Waals surface area contributed by atoms with Crippen molar-refractivity contribution < 1.29 is 37.8 Å². The van der Waals surface area contributed by atoms with Gasteiger partial charge in [-0.2, -0.15) is 13.2 Å². The average molecular weight is 372 g/mol. The van der Waals surface area contributed by atoms with E-state index in [-0.39, 0.29) is 6.42 Å². The molecule has 3 rings (SSSR count). The standard InChI is InChI=1S/C16H15F3N2O5/c17-16(18,19)7-4-2-1-3-6(7)12(22)21-8-5-15(20,14(25)26)11-9(8)10(11)13(23)24/h1-4,8-11H,5,20H2,(H,21,22)(H,23,24)(H,25,26). The van der Waals surface area contributed by atoms with Crippen molar-refractivity contribution in [2.45, 2.75) is 24.2 Å². The van der Waals surface area contributed by atoms with E-state index in [0.29, 0.717) is 0 Å². The van der Waals surface area contributed by atoms with E-state index in [4.69, 9.17) is 5.73 Å². The molecule has 0 bridgehead atoms. The van der Waals surface area contributed by atoms with Gasteiger partial charge in [0.1, 0.15) is 5.54 Å². The molecule has 26 heavy (non-hydrogen) atoms. The fraction of sp³-hybridized carbons (Fsp3) is 0.438. The van der Waals surface area contributed by atoms with E-state index < -0.39 is 64.5 Å². The number of aliphatic carboxylic acids is 2. The summed E-state index contributed by atoms with van der Waals surface area (Å²) in [4.78, 5) is 35.0. The minimum absolute atomic E-state index is 0.249. The van der Waals surface area contributed by atoms with Gasteiger partial charge in [0.15, 0.2) is 0 Å². The molecule has 0 radical (unpaired) electrons. The van der Waals surface area contributed by atoms with Gasteiger partial charge in [0.05, 0.1) is 17.0 Å². The molecule has 0 aliphatic heterocycles. The zero-order valence-electron chi connectivity index (χ0n) is 13.2. The lowest BCUT2D eigenvalue weighted by Crippen LogP contribution is -2.52. The van der Waals surface area contributed by atoms with E-state index in [9.17, 15) is 37.8 Å². The second-order valence-corrected chi connectivity index (χ2v) is 6.64. The molecule has 1 aromatic carbocycles. The molecule has 1 aromatic rings. The third kappa shape index (κ3) is 2.70. The van der Waals surface area contributed by atoms with Crippen LogP contribution in [0.4, 0.5) is 13.2 Å². The minimum atomic E-state index is -4.74. The van der Waals surface area contributed by atoms with Crippen molar-refractivity contribution >= 4 is 17.8 Å². The van der Waals surface area contributed by atoms with Crippen LogP contribution in [0.2, 0.25) is 0 Å². The lowest BCUT2D eigenvalue weighted by atomic mass is 9.90. The summed E-state index contributed by atoms with van der Waals surface area (Å²) in [5.74, 6) is -6.34. The molecular formula is C16H15F3N2O5. The highest BCUT2D eigenvalue weighted by atomic mass is 19.4. The molecule has 7 nitrogen and oxygen atoms in total. The number of hydrogen-bond acceptors (Lipinski definition) is 4. The molecule has 0 saturated heterocycles. The maximum absolute atomic E-state index is 13.0. The van der Waals surface area contributed by atoms with Crippen LogP contribution in [-0.4, -0.2) is 39.6 Å². The molecule has 140 valence electrons. The van der Waals surface area contributed by atoms with Gasteiger partial charge in [-0.3, -0.25) is 14.4 Å². The summed E-state index contributed by atoms with van der Waals surface area (Å²) in [5, 5.41) is 20.8. The van der Waals surface area contributed by atoms with E-state index in [2.05, 4.69) is 5.32 Å². The molecule has 10 heteroatoms. The van der Waals surface area contributed by atoms with E-state index in [0.717, 1.165) is 18.2 Å². The van der Waals surface area contributed by atoms with Crippen molar-refractivity contribution in [3.8, 4) is 0 Å². The molecule has 5 unspecified atom stereocenters. The Morgan fingerprint density at radius 2 is 1.81 bits per heavy atom. The van der Waals surface area contributed by atoms with Crippen molar-refractivity contribution in [2.24, 2.45) is 23.5 Å². The number of carboxylic acids is 2. The number of rotatable bonds is 4. The summed E-state index contributed by atoms with van der Waals surface area (Å²) >= 11 is 0. The van der Waals surface area contributed by atoms with Gasteiger partial charge in [0, 0.05) is 12.0 Å². The first-order valence-electron chi connectivity index (χ1n) is 7.70. The predicted octanol–water partition coefficient (Wildman–Crippen LogP) is 0.936. The number of carbonyl (C=O) groups is 3. The van der Waals surface area contributed by atoms with Gasteiger partial charge in [0.2, 0.25) is 0 Å². The average Bonchev–Trinajstić information content (AvgIpc) is 3.23. The quantitative estimate of drug-likeness (QED) is 0.622. The third-order valence-corrected chi connectivity index (χ3v) is 5.17. The van der Waals surface area contributed by atoms with Crippen molar-refractivity contribution in [1.29, 1.82) is 0 Å². The molecule has 0 aromatic heterocycles. The van der Waals surface area contributed by atoms with Gasteiger partial charge in [-0.15, -0.1) is 0 Å². The molecule has 2 saturated carbocycles. The Morgan fingerprint density at radius 1 is 1.19 bits per heavy atom.